The zero-order valence-corrected chi connectivity index (χ0v) is 19.0. The molecule has 0 amide bonds. The van der Waals surface area contributed by atoms with E-state index in [2.05, 4.69) is 60.1 Å². The van der Waals surface area contributed by atoms with Gasteiger partial charge in [-0.3, -0.25) is 4.90 Å². The molecule has 0 aliphatic carbocycles. The Morgan fingerprint density at radius 2 is 2.00 bits per heavy atom. The number of benzene rings is 2. The monoisotopic (exact) mass is 422 g/mol. The van der Waals surface area contributed by atoms with E-state index in [9.17, 15) is 0 Å². The lowest BCUT2D eigenvalue weighted by Gasteiger charge is -2.29. The van der Waals surface area contributed by atoms with Gasteiger partial charge in [-0.05, 0) is 68.5 Å². The van der Waals surface area contributed by atoms with Gasteiger partial charge >= 0.3 is 0 Å². The van der Waals surface area contributed by atoms with Gasteiger partial charge in [-0.1, -0.05) is 30.3 Å². The van der Waals surface area contributed by atoms with Gasteiger partial charge < -0.3 is 10.1 Å². The number of thioether (sulfide) groups is 1. The highest BCUT2D eigenvalue weighted by Crippen LogP contribution is 2.47. The first kappa shape index (κ1) is 21.3. The summed E-state index contributed by atoms with van der Waals surface area (Å²) in [5.74, 6) is 2.82. The van der Waals surface area contributed by atoms with Crippen molar-refractivity contribution in [3.05, 3.63) is 54.6 Å². The highest BCUT2D eigenvalue weighted by atomic mass is 32.2. The van der Waals surface area contributed by atoms with Gasteiger partial charge in [0.05, 0.1) is 6.61 Å². The highest BCUT2D eigenvalue weighted by Gasteiger charge is 2.26. The van der Waals surface area contributed by atoms with Crippen LogP contribution in [0.5, 0.6) is 5.75 Å². The zero-order chi connectivity index (χ0) is 20.8. The van der Waals surface area contributed by atoms with Gasteiger partial charge in [0.1, 0.15) is 5.75 Å². The second-order valence-corrected chi connectivity index (χ2v) is 9.31. The van der Waals surface area contributed by atoms with E-state index in [0.29, 0.717) is 12.5 Å². The number of hydrogen-bond acceptors (Lipinski definition) is 4. The maximum atomic E-state index is 6.00. The van der Waals surface area contributed by atoms with Crippen molar-refractivity contribution >= 4 is 17.4 Å². The van der Waals surface area contributed by atoms with E-state index < -0.39 is 0 Å². The fourth-order valence-electron chi connectivity index (χ4n) is 4.84. The standard InChI is InChI=1S/C26H34N2OS/c1-3-16-28-17-7-9-20-10-8-19-30-24-14-13-22(26(25(20)24)27-15-18-28)21-11-5-6-12-23(21)29-4-2/h3,5-6,11-14,20,27H,1,4,7-10,15-19H2,2H3. The van der Waals surface area contributed by atoms with E-state index in [1.807, 2.05) is 17.8 Å². The molecule has 2 aromatic carbocycles. The van der Waals surface area contributed by atoms with Crippen molar-refractivity contribution in [2.45, 2.75) is 43.4 Å². The van der Waals surface area contributed by atoms with Crippen LogP contribution in [0.1, 0.15) is 44.1 Å². The number of para-hydroxylation sites is 1. The van der Waals surface area contributed by atoms with Gasteiger partial charge in [-0.25, -0.2) is 0 Å². The van der Waals surface area contributed by atoms with Crippen molar-refractivity contribution in [2.24, 2.45) is 0 Å². The summed E-state index contributed by atoms with van der Waals surface area (Å²) in [5, 5.41) is 3.88. The Morgan fingerprint density at radius 3 is 2.87 bits per heavy atom. The van der Waals surface area contributed by atoms with E-state index >= 15 is 0 Å². The normalized spacial score (nSPS) is 19.8. The van der Waals surface area contributed by atoms with Gasteiger partial charge in [-0.15, -0.1) is 18.3 Å². The largest absolute Gasteiger partial charge is 0.493 e. The molecule has 0 aromatic heterocycles. The van der Waals surface area contributed by atoms with Crippen LogP contribution in [-0.2, 0) is 0 Å². The van der Waals surface area contributed by atoms with Gasteiger partial charge in [-0.2, -0.15) is 0 Å². The minimum absolute atomic E-state index is 0.625. The van der Waals surface area contributed by atoms with Gasteiger partial charge in [0.25, 0.3) is 0 Å². The Bertz CT molecular complexity index is 866. The number of ether oxygens (including phenoxy) is 1. The summed E-state index contributed by atoms with van der Waals surface area (Å²) < 4.78 is 6.00. The van der Waals surface area contributed by atoms with Gasteiger partial charge in [0, 0.05) is 41.3 Å². The molecule has 0 saturated carbocycles. The van der Waals surface area contributed by atoms with Crippen molar-refractivity contribution in [2.75, 3.05) is 43.9 Å². The molecule has 1 N–H and O–H groups in total. The van der Waals surface area contributed by atoms with Crippen molar-refractivity contribution in [1.29, 1.82) is 0 Å². The average Bonchev–Trinajstić information content (AvgIpc) is 2.97. The fraction of sp³-hybridized carbons (Fsp3) is 0.462. The molecule has 30 heavy (non-hydrogen) atoms. The predicted octanol–water partition coefficient (Wildman–Crippen LogP) is 6.42. The zero-order valence-electron chi connectivity index (χ0n) is 18.2. The minimum atomic E-state index is 0.625. The number of nitrogens with zero attached hydrogens (tertiary/aromatic N) is 1. The molecular formula is C26H34N2OS. The topological polar surface area (TPSA) is 24.5 Å². The van der Waals surface area contributed by atoms with Crippen LogP contribution in [0, 0.1) is 0 Å². The van der Waals surface area contributed by atoms with Crippen LogP contribution in [0.3, 0.4) is 0 Å². The molecular weight excluding hydrogens is 388 g/mol. The maximum Gasteiger partial charge on any atom is 0.127 e. The SMILES string of the molecule is C=CCN1CCCC2CCCSc3ccc(-c4ccccc4OCC)c(c32)NCC1. The second-order valence-electron chi connectivity index (χ2n) is 8.18. The lowest BCUT2D eigenvalue weighted by molar-refractivity contribution is 0.299. The van der Waals surface area contributed by atoms with Crippen molar-refractivity contribution in [3.63, 3.8) is 0 Å². The minimum Gasteiger partial charge on any atom is -0.493 e. The number of hydrogen-bond donors (Lipinski definition) is 1. The molecule has 1 unspecified atom stereocenters. The number of anilines is 1. The average molecular weight is 423 g/mol. The Morgan fingerprint density at radius 1 is 1.13 bits per heavy atom. The molecule has 2 heterocycles. The summed E-state index contributed by atoms with van der Waals surface area (Å²) in [4.78, 5) is 4.00. The molecule has 4 rings (SSSR count). The quantitative estimate of drug-likeness (QED) is 0.562. The fourth-order valence-corrected chi connectivity index (χ4v) is 5.96. The molecule has 160 valence electrons. The number of nitrogens with one attached hydrogen (secondary N) is 1. The molecule has 1 atom stereocenters. The Labute approximate surface area is 185 Å². The lowest BCUT2D eigenvalue weighted by atomic mass is 9.86. The van der Waals surface area contributed by atoms with Crippen molar-refractivity contribution < 1.29 is 4.74 Å². The third-order valence-electron chi connectivity index (χ3n) is 6.19. The maximum absolute atomic E-state index is 6.00. The molecule has 3 nitrogen and oxygen atoms in total. The van der Waals surface area contributed by atoms with E-state index in [4.69, 9.17) is 4.74 Å². The molecule has 2 aromatic rings. The van der Waals surface area contributed by atoms with Crippen molar-refractivity contribution in [3.8, 4) is 16.9 Å². The van der Waals surface area contributed by atoms with Gasteiger partial charge in [0.2, 0.25) is 0 Å². The molecule has 0 radical (unpaired) electrons. The van der Waals surface area contributed by atoms with Crippen molar-refractivity contribution in [1.82, 2.24) is 4.90 Å². The summed E-state index contributed by atoms with van der Waals surface area (Å²) in [6, 6.07) is 13.1. The van der Waals surface area contributed by atoms with Crippen LogP contribution < -0.4 is 10.1 Å². The van der Waals surface area contributed by atoms with Crippen LogP contribution in [0.2, 0.25) is 0 Å². The summed E-state index contributed by atoms with van der Waals surface area (Å²) in [7, 11) is 0. The molecule has 0 bridgehead atoms. The van der Waals surface area contributed by atoms with E-state index in [1.165, 1.54) is 53.1 Å². The third-order valence-corrected chi connectivity index (χ3v) is 7.35. The van der Waals surface area contributed by atoms with Crippen LogP contribution in [0.4, 0.5) is 5.69 Å². The van der Waals surface area contributed by atoms with Crippen LogP contribution in [0.25, 0.3) is 11.1 Å². The van der Waals surface area contributed by atoms with E-state index in [0.717, 1.165) is 31.9 Å². The lowest BCUT2D eigenvalue weighted by Crippen LogP contribution is -2.31. The molecule has 0 fully saturated rings. The van der Waals surface area contributed by atoms with Crippen LogP contribution in [-0.4, -0.2) is 43.4 Å². The first-order valence-electron chi connectivity index (χ1n) is 11.4. The first-order valence-corrected chi connectivity index (χ1v) is 12.4. The Hall–Kier alpha value is -1.91. The van der Waals surface area contributed by atoms with E-state index in [-0.39, 0.29) is 0 Å². The Kier molecular flexibility index (Phi) is 7.40. The highest BCUT2D eigenvalue weighted by molar-refractivity contribution is 7.99. The summed E-state index contributed by atoms with van der Waals surface area (Å²) in [6.07, 6.45) is 7.12. The van der Waals surface area contributed by atoms with Crippen LogP contribution >= 0.6 is 11.8 Å². The second kappa shape index (κ2) is 10.4. The van der Waals surface area contributed by atoms with E-state index in [1.54, 1.807) is 5.56 Å². The summed E-state index contributed by atoms with van der Waals surface area (Å²) in [5.41, 5.74) is 5.36. The molecule has 2 aliphatic heterocycles. The first-order chi connectivity index (χ1) is 14.8. The molecule has 0 saturated heterocycles. The summed E-state index contributed by atoms with van der Waals surface area (Å²) in [6.45, 7) is 10.8. The predicted molar refractivity (Wildman–Crippen MR) is 130 cm³/mol. The smallest absolute Gasteiger partial charge is 0.127 e. The van der Waals surface area contributed by atoms with Crippen LogP contribution in [0.15, 0.2) is 53.9 Å². The molecule has 2 aliphatic rings. The number of rotatable bonds is 5. The third kappa shape index (κ3) is 4.70. The summed E-state index contributed by atoms with van der Waals surface area (Å²) >= 11 is 2.04. The molecule has 4 heteroatoms. The Balaban J connectivity index is 1.80. The molecule has 0 spiro atoms. The van der Waals surface area contributed by atoms with Gasteiger partial charge in [0.15, 0.2) is 0 Å².